The van der Waals surface area contributed by atoms with E-state index in [0.29, 0.717) is 11.3 Å². The molecule has 3 aromatic rings. The first-order valence-corrected chi connectivity index (χ1v) is 9.46. The largest absolute Gasteiger partial charge is 0.341 e. The fourth-order valence-corrected chi connectivity index (χ4v) is 4.06. The molecular weight excluding hydrogens is 340 g/mol. The Bertz CT molecular complexity index is 938. The zero-order chi connectivity index (χ0) is 17.9. The fourth-order valence-electron chi connectivity index (χ4n) is 3.34. The van der Waals surface area contributed by atoms with E-state index in [0.717, 1.165) is 16.2 Å². The van der Waals surface area contributed by atoms with Gasteiger partial charge in [-0.1, -0.05) is 54.6 Å². The topological polar surface area (TPSA) is 42.0 Å². The van der Waals surface area contributed by atoms with Gasteiger partial charge in [0.1, 0.15) is 5.03 Å². The number of amides is 1. The lowest BCUT2D eigenvalue weighted by atomic mass is 10.0. The summed E-state index contributed by atoms with van der Waals surface area (Å²) in [4.78, 5) is 17.4. The SMILES string of the molecule is C=CCSc1ncccc1C(=O)NC1c2ccccc2-c2ccccc21. The Morgan fingerprint density at radius 2 is 1.69 bits per heavy atom. The van der Waals surface area contributed by atoms with Gasteiger partial charge in [-0.2, -0.15) is 0 Å². The van der Waals surface area contributed by atoms with E-state index in [-0.39, 0.29) is 11.9 Å². The van der Waals surface area contributed by atoms with Crippen LogP contribution in [0.4, 0.5) is 0 Å². The summed E-state index contributed by atoms with van der Waals surface area (Å²) >= 11 is 1.51. The average molecular weight is 358 g/mol. The van der Waals surface area contributed by atoms with Gasteiger partial charge < -0.3 is 5.32 Å². The highest BCUT2D eigenvalue weighted by molar-refractivity contribution is 7.99. The second-order valence-electron chi connectivity index (χ2n) is 6.04. The lowest BCUT2D eigenvalue weighted by Crippen LogP contribution is -2.28. The van der Waals surface area contributed by atoms with E-state index in [4.69, 9.17) is 0 Å². The predicted molar refractivity (Wildman–Crippen MR) is 106 cm³/mol. The Hall–Kier alpha value is -2.85. The fraction of sp³-hybridized carbons (Fsp3) is 0.0909. The smallest absolute Gasteiger partial charge is 0.254 e. The summed E-state index contributed by atoms with van der Waals surface area (Å²) in [5, 5.41) is 3.93. The number of benzene rings is 2. The zero-order valence-electron chi connectivity index (χ0n) is 14.2. The van der Waals surface area contributed by atoms with Crippen molar-refractivity contribution in [1.29, 1.82) is 0 Å². The summed E-state index contributed by atoms with van der Waals surface area (Å²) in [5.74, 6) is 0.605. The van der Waals surface area contributed by atoms with Crippen molar-refractivity contribution >= 4 is 17.7 Å². The van der Waals surface area contributed by atoms with Gasteiger partial charge in [0.15, 0.2) is 0 Å². The summed E-state index contributed by atoms with van der Waals surface area (Å²) in [5.41, 5.74) is 5.22. The summed E-state index contributed by atoms with van der Waals surface area (Å²) < 4.78 is 0. The maximum Gasteiger partial charge on any atom is 0.254 e. The molecule has 1 aromatic heterocycles. The Morgan fingerprint density at radius 3 is 2.35 bits per heavy atom. The van der Waals surface area contributed by atoms with E-state index < -0.39 is 0 Å². The van der Waals surface area contributed by atoms with E-state index in [1.807, 2.05) is 36.4 Å². The number of hydrogen-bond acceptors (Lipinski definition) is 3. The minimum absolute atomic E-state index is 0.110. The molecule has 0 aliphatic heterocycles. The Kier molecular flexibility index (Phi) is 4.59. The van der Waals surface area contributed by atoms with Gasteiger partial charge in [0, 0.05) is 11.9 Å². The van der Waals surface area contributed by atoms with Gasteiger partial charge in [0.05, 0.1) is 11.6 Å². The van der Waals surface area contributed by atoms with Crippen LogP contribution in [0.1, 0.15) is 27.5 Å². The summed E-state index contributed by atoms with van der Waals surface area (Å²) in [7, 11) is 0. The molecular formula is C22H18N2OS. The molecule has 26 heavy (non-hydrogen) atoms. The number of carbonyl (C=O) groups excluding carboxylic acids is 1. The molecule has 0 saturated heterocycles. The third-order valence-corrected chi connectivity index (χ3v) is 5.46. The molecule has 0 spiro atoms. The van der Waals surface area contributed by atoms with Crippen molar-refractivity contribution in [2.24, 2.45) is 0 Å². The van der Waals surface area contributed by atoms with E-state index in [2.05, 4.69) is 41.1 Å². The van der Waals surface area contributed by atoms with E-state index >= 15 is 0 Å². The molecule has 0 radical (unpaired) electrons. The number of nitrogens with zero attached hydrogens (tertiary/aromatic N) is 1. The van der Waals surface area contributed by atoms with Crippen molar-refractivity contribution in [1.82, 2.24) is 10.3 Å². The molecule has 0 saturated carbocycles. The van der Waals surface area contributed by atoms with Crippen molar-refractivity contribution in [3.05, 3.63) is 96.2 Å². The van der Waals surface area contributed by atoms with E-state index in [1.165, 1.54) is 22.9 Å². The van der Waals surface area contributed by atoms with Gasteiger partial charge in [0.2, 0.25) is 0 Å². The predicted octanol–water partition coefficient (Wildman–Crippen LogP) is 4.86. The third kappa shape index (κ3) is 2.93. The molecule has 1 amide bonds. The second kappa shape index (κ2) is 7.18. The first-order chi connectivity index (χ1) is 12.8. The summed E-state index contributed by atoms with van der Waals surface area (Å²) in [6.45, 7) is 3.73. The van der Waals surface area contributed by atoms with Crippen molar-refractivity contribution < 1.29 is 4.79 Å². The zero-order valence-corrected chi connectivity index (χ0v) is 15.0. The monoisotopic (exact) mass is 358 g/mol. The number of hydrogen-bond donors (Lipinski definition) is 1. The highest BCUT2D eigenvalue weighted by atomic mass is 32.2. The average Bonchev–Trinajstić information content (AvgIpc) is 3.01. The lowest BCUT2D eigenvalue weighted by Gasteiger charge is -2.17. The Morgan fingerprint density at radius 1 is 1.04 bits per heavy atom. The first kappa shape index (κ1) is 16.6. The third-order valence-electron chi connectivity index (χ3n) is 4.46. The minimum atomic E-state index is -0.146. The number of aromatic nitrogens is 1. The summed E-state index contributed by atoms with van der Waals surface area (Å²) in [6.07, 6.45) is 3.52. The number of rotatable bonds is 5. The van der Waals surface area contributed by atoms with Gasteiger partial charge in [-0.3, -0.25) is 4.79 Å². The van der Waals surface area contributed by atoms with Gasteiger partial charge >= 0.3 is 0 Å². The van der Waals surface area contributed by atoms with Crippen LogP contribution in [0.3, 0.4) is 0 Å². The molecule has 0 atom stereocenters. The Balaban J connectivity index is 1.68. The number of pyridine rings is 1. The van der Waals surface area contributed by atoms with Crippen LogP contribution >= 0.6 is 11.8 Å². The highest BCUT2D eigenvalue weighted by Crippen LogP contribution is 2.43. The number of fused-ring (bicyclic) bond motifs is 3. The van der Waals surface area contributed by atoms with Crippen LogP contribution in [0.2, 0.25) is 0 Å². The van der Waals surface area contributed by atoms with Crippen LogP contribution in [-0.4, -0.2) is 16.6 Å². The maximum atomic E-state index is 13.0. The summed E-state index contributed by atoms with van der Waals surface area (Å²) in [6, 6.07) is 19.9. The van der Waals surface area contributed by atoms with Gasteiger partial charge in [-0.25, -0.2) is 4.98 Å². The van der Waals surface area contributed by atoms with Gasteiger partial charge in [-0.05, 0) is 34.4 Å². The molecule has 4 rings (SSSR count). The molecule has 1 aliphatic rings. The van der Waals surface area contributed by atoms with Crippen LogP contribution in [-0.2, 0) is 0 Å². The van der Waals surface area contributed by atoms with Crippen LogP contribution in [0.5, 0.6) is 0 Å². The standard InChI is InChI=1S/C22H18N2OS/c1-2-14-26-22-19(12-7-13-23-22)21(25)24-20-17-10-5-3-8-15(17)16-9-4-6-11-18(16)20/h2-13,20H,1,14H2,(H,24,25). The maximum absolute atomic E-state index is 13.0. The normalized spacial score (nSPS) is 12.3. The van der Waals surface area contributed by atoms with Crippen LogP contribution in [0.25, 0.3) is 11.1 Å². The van der Waals surface area contributed by atoms with Gasteiger partial charge in [0.25, 0.3) is 5.91 Å². The lowest BCUT2D eigenvalue weighted by molar-refractivity contribution is 0.0940. The van der Waals surface area contributed by atoms with Crippen molar-refractivity contribution in [3.63, 3.8) is 0 Å². The van der Waals surface area contributed by atoms with Crippen LogP contribution in [0.15, 0.2) is 84.5 Å². The van der Waals surface area contributed by atoms with Crippen molar-refractivity contribution in [2.75, 3.05) is 5.75 Å². The van der Waals surface area contributed by atoms with Gasteiger partial charge in [-0.15, -0.1) is 18.3 Å². The number of thioether (sulfide) groups is 1. The molecule has 128 valence electrons. The molecule has 1 heterocycles. The molecule has 2 aromatic carbocycles. The first-order valence-electron chi connectivity index (χ1n) is 8.47. The number of carbonyl (C=O) groups is 1. The molecule has 1 aliphatic carbocycles. The van der Waals surface area contributed by atoms with Crippen LogP contribution < -0.4 is 5.32 Å². The molecule has 0 bridgehead atoms. The van der Waals surface area contributed by atoms with Crippen molar-refractivity contribution in [2.45, 2.75) is 11.1 Å². The molecule has 3 nitrogen and oxygen atoms in total. The van der Waals surface area contributed by atoms with Crippen molar-refractivity contribution in [3.8, 4) is 11.1 Å². The minimum Gasteiger partial charge on any atom is -0.341 e. The Labute approximate surface area is 157 Å². The quantitative estimate of drug-likeness (QED) is 0.523. The molecule has 4 heteroatoms. The van der Waals surface area contributed by atoms with E-state index in [9.17, 15) is 4.79 Å². The highest BCUT2D eigenvalue weighted by Gasteiger charge is 2.29. The second-order valence-corrected chi connectivity index (χ2v) is 7.05. The number of nitrogens with one attached hydrogen (secondary N) is 1. The van der Waals surface area contributed by atoms with E-state index in [1.54, 1.807) is 12.3 Å². The molecule has 1 N–H and O–H groups in total. The molecule has 0 unspecified atom stereocenters. The molecule has 0 fully saturated rings. The van der Waals surface area contributed by atoms with Crippen LogP contribution in [0, 0.1) is 0 Å².